The maximum absolute atomic E-state index is 12.0. The van der Waals surface area contributed by atoms with Gasteiger partial charge in [-0.3, -0.25) is 14.5 Å². The first-order chi connectivity index (χ1) is 11.2. The number of aromatic amines is 1. The molecule has 116 valence electrons. The lowest BCUT2D eigenvalue weighted by Gasteiger charge is -2.03. The largest absolute Gasteiger partial charge is 0.422 e. The van der Waals surface area contributed by atoms with E-state index in [1.807, 2.05) is 13.0 Å². The number of nitrogens with zero attached hydrogens (tertiary/aromatic N) is 4. The Morgan fingerprint density at radius 2 is 2.39 bits per heavy atom. The van der Waals surface area contributed by atoms with Gasteiger partial charge in [0.15, 0.2) is 11.4 Å². The molecule has 0 unspecified atom stereocenters. The smallest absolute Gasteiger partial charge is 0.304 e. The Hall–Kier alpha value is -3.22. The summed E-state index contributed by atoms with van der Waals surface area (Å²) in [6.45, 7) is 6.27. The van der Waals surface area contributed by atoms with Crippen LogP contribution in [-0.2, 0) is 6.54 Å². The van der Waals surface area contributed by atoms with E-state index in [9.17, 15) is 4.79 Å². The zero-order valence-corrected chi connectivity index (χ0v) is 12.6. The summed E-state index contributed by atoms with van der Waals surface area (Å²) in [7, 11) is 0. The third-order valence-electron chi connectivity index (χ3n) is 3.26. The number of rotatable bonds is 5. The van der Waals surface area contributed by atoms with Gasteiger partial charge in [0, 0.05) is 6.20 Å². The van der Waals surface area contributed by atoms with E-state index in [-0.39, 0.29) is 11.6 Å². The van der Waals surface area contributed by atoms with Crippen LogP contribution in [0.3, 0.4) is 0 Å². The lowest BCUT2D eigenvalue weighted by molar-refractivity contribution is 0.441. The van der Waals surface area contributed by atoms with Gasteiger partial charge in [0.25, 0.3) is 5.56 Å². The summed E-state index contributed by atoms with van der Waals surface area (Å²) in [5.74, 6) is 0.475. The third-order valence-corrected chi connectivity index (χ3v) is 3.26. The molecule has 0 amide bonds. The van der Waals surface area contributed by atoms with Crippen LogP contribution in [0.4, 0.5) is 0 Å². The highest BCUT2D eigenvalue weighted by Gasteiger charge is 2.08. The molecule has 0 bridgehead atoms. The van der Waals surface area contributed by atoms with E-state index in [0.29, 0.717) is 23.3 Å². The number of fused-ring (bicyclic) bond motifs is 1. The van der Waals surface area contributed by atoms with Gasteiger partial charge in [-0.05, 0) is 24.6 Å². The minimum atomic E-state index is -0.298. The Morgan fingerprint density at radius 1 is 1.52 bits per heavy atom. The third kappa shape index (κ3) is 3.18. The average molecular weight is 309 g/mol. The summed E-state index contributed by atoms with van der Waals surface area (Å²) in [5, 5.41) is 4.62. The van der Waals surface area contributed by atoms with Crippen molar-refractivity contribution in [2.45, 2.75) is 13.5 Å². The van der Waals surface area contributed by atoms with Crippen LogP contribution in [0.25, 0.3) is 11.0 Å². The molecule has 0 spiro atoms. The van der Waals surface area contributed by atoms with Crippen LogP contribution in [0, 0.1) is 0 Å². The molecule has 0 aliphatic heterocycles. The van der Waals surface area contributed by atoms with Crippen molar-refractivity contribution in [1.29, 1.82) is 0 Å². The average Bonchev–Trinajstić information content (AvgIpc) is 2.99. The fourth-order valence-electron chi connectivity index (χ4n) is 2.06. The van der Waals surface area contributed by atoms with E-state index in [4.69, 9.17) is 4.74 Å². The second kappa shape index (κ2) is 6.27. The number of hydrogen-bond acceptors (Lipinski definition) is 5. The van der Waals surface area contributed by atoms with Crippen LogP contribution >= 0.6 is 0 Å². The molecule has 0 aliphatic rings. The van der Waals surface area contributed by atoms with Crippen molar-refractivity contribution in [1.82, 2.24) is 24.7 Å². The molecule has 0 aromatic carbocycles. The first-order valence-electron chi connectivity index (χ1n) is 7.02. The topological polar surface area (TPSA) is 85.7 Å². The van der Waals surface area contributed by atoms with Crippen molar-refractivity contribution >= 4 is 11.0 Å². The molecule has 7 nitrogen and oxygen atoms in total. The van der Waals surface area contributed by atoms with Crippen molar-refractivity contribution in [3.05, 3.63) is 65.4 Å². The fourth-order valence-corrected chi connectivity index (χ4v) is 2.06. The Bertz CT molecular complexity index is 939. The predicted octanol–water partition coefficient (Wildman–Crippen LogP) is 2.44. The molecular weight excluding hydrogens is 294 g/mol. The van der Waals surface area contributed by atoms with Gasteiger partial charge >= 0.3 is 6.01 Å². The standard InChI is InChI=1S/C16H15N5O2/c1-3-11(4-2)9-21-10-12(8-18-21)23-16-19-14-13(15(22)20-16)6-5-7-17-14/h3-8,10H,1,9H2,2H3,(H,17,19,20,22). The van der Waals surface area contributed by atoms with E-state index in [2.05, 4.69) is 26.6 Å². The SMILES string of the molecule is C=CC(=CC)Cn1cc(Oc2nc3ncccc3c(=O)[nH]2)cn1. The zero-order valence-electron chi connectivity index (χ0n) is 12.6. The molecule has 23 heavy (non-hydrogen) atoms. The summed E-state index contributed by atoms with van der Waals surface area (Å²) >= 11 is 0. The molecular formula is C16H15N5O2. The monoisotopic (exact) mass is 309 g/mol. The van der Waals surface area contributed by atoms with E-state index < -0.39 is 0 Å². The minimum absolute atomic E-state index is 0.0794. The summed E-state index contributed by atoms with van der Waals surface area (Å²) in [6.07, 6.45) is 8.58. The molecule has 0 saturated carbocycles. The van der Waals surface area contributed by atoms with Gasteiger partial charge in [-0.15, -0.1) is 0 Å². The van der Waals surface area contributed by atoms with Crippen molar-refractivity contribution < 1.29 is 4.74 Å². The van der Waals surface area contributed by atoms with Crippen molar-refractivity contribution in [2.75, 3.05) is 0 Å². The normalized spacial score (nSPS) is 11.6. The molecule has 3 rings (SSSR count). The first kappa shape index (κ1) is 14.7. The summed E-state index contributed by atoms with van der Waals surface area (Å²) < 4.78 is 7.27. The van der Waals surface area contributed by atoms with Crippen LogP contribution in [0.2, 0.25) is 0 Å². The van der Waals surface area contributed by atoms with Gasteiger partial charge in [-0.1, -0.05) is 18.7 Å². The Morgan fingerprint density at radius 3 is 3.17 bits per heavy atom. The number of hydrogen-bond donors (Lipinski definition) is 1. The van der Waals surface area contributed by atoms with Crippen LogP contribution in [0.5, 0.6) is 11.8 Å². The number of H-pyrrole nitrogens is 1. The zero-order chi connectivity index (χ0) is 16.2. The van der Waals surface area contributed by atoms with Crippen molar-refractivity contribution in [2.24, 2.45) is 0 Å². The minimum Gasteiger partial charge on any atom is -0.422 e. The van der Waals surface area contributed by atoms with Gasteiger partial charge in [-0.25, -0.2) is 4.98 Å². The van der Waals surface area contributed by atoms with Crippen molar-refractivity contribution in [3.8, 4) is 11.8 Å². The van der Waals surface area contributed by atoms with Crippen LogP contribution in [-0.4, -0.2) is 24.7 Å². The number of nitrogens with one attached hydrogen (secondary N) is 1. The Kier molecular flexibility index (Phi) is 4.01. The molecule has 3 heterocycles. The second-order valence-corrected chi connectivity index (χ2v) is 4.79. The molecule has 3 aromatic rings. The predicted molar refractivity (Wildman–Crippen MR) is 86.4 cm³/mol. The van der Waals surface area contributed by atoms with E-state index in [1.165, 1.54) is 0 Å². The number of ether oxygens (including phenoxy) is 1. The highest BCUT2D eigenvalue weighted by Crippen LogP contribution is 2.17. The molecule has 7 heteroatoms. The molecule has 0 radical (unpaired) electrons. The molecule has 0 atom stereocenters. The van der Waals surface area contributed by atoms with Crippen LogP contribution < -0.4 is 10.3 Å². The lowest BCUT2D eigenvalue weighted by Crippen LogP contribution is -2.09. The lowest BCUT2D eigenvalue weighted by atomic mass is 10.2. The quantitative estimate of drug-likeness (QED) is 0.732. The number of allylic oxidation sites excluding steroid dienone is 3. The second-order valence-electron chi connectivity index (χ2n) is 4.79. The molecule has 0 aliphatic carbocycles. The summed E-state index contributed by atoms with van der Waals surface area (Å²) in [6, 6.07) is 3.42. The first-order valence-corrected chi connectivity index (χ1v) is 7.02. The van der Waals surface area contributed by atoms with Gasteiger partial charge in [0.2, 0.25) is 0 Å². The molecule has 3 aromatic heterocycles. The number of aromatic nitrogens is 5. The van der Waals surface area contributed by atoms with E-state index in [1.54, 1.807) is 41.5 Å². The maximum atomic E-state index is 12.0. The van der Waals surface area contributed by atoms with Gasteiger partial charge in [0.05, 0.1) is 24.3 Å². The van der Waals surface area contributed by atoms with Gasteiger partial charge in [0.1, 0.15) is 0 Å². The van der Waals surface area contributed by atoms with Gasteiger partial charge < -0.3 is 4.74 Å². The Labute approximate surface area is 132 Å². The van der Waals surface area contributed by atoms with Crippen LogP contribution in [0.15, 0.2) is 59.8 Å². The van der Waals surface area contributed by atoms with Crippen molar-refractivity contribution in [3.63, 3.8) is 0 Å². The molecule has 0 saturated heterocycles. The number of pyridine rings is 1. The highest BCUT2D eigenvalue weighted by atomic mass is 16.5. The summed E-state index contributed by atoms with van der Waals surface area (Å²) in [4.78, 5) is 22.8. The van der Waals surface area contributed by atoms with Crippen LogP contribution in [0.1, 0.15) is 6.92 Å². The van der Waals surface area contributed by atoms with Gasteiger partial charge in [-0.2, -0.15) is 10.1 Å². The Balaban J connectivity index is 1.84. The fraction of sp³-hybridized carbons (Fsp3) is 0.125. The highest BCUT2D eigenvalue weighted by molar-refractivity contribution is 5.73. The molecule has 0 fully saturated rings. The van der Waals surface area contributed by atoms with E-state index in [0.717, 1.165) is 5.57 Å². The molecule has 1 N–H and O–H groups in total. The summed E-state index contributed by atoms with van der Waals surface area (Å²) in [5.41, 5.74) is 1.08. The maximum Gasteiger partial charge on any atom is 0.304 e. The van der Waals surface area contributed by atoms with E-state index >= 15 is 0 Å².